The van der Waals surface area contributed by atoms with E-state index in [1.54, 1.807) is 24.3 Å². The van der Waals surface area contributed by atoms with Crippen LogP contribution in [0.3, 0.4) is 0 Å². The molecule has 0 unspecified atom stereocenters. The zero-order valence-electron chi connectivity index (χ0n) is 14.7. The van der Waals surface area contributed by atoms with Gasteiger partial charge >= 0.3 is 6.09 Å². The van der Waals surface area contributed by atoms with Gasteiger partial charge in [0.05, 0.1) is 13.2 Å². The number of aliphatic hydroxyl groups is 1. The molecule has 1 heterocycles. The number of carbonyl (C=O) groups is 2. The van der Waals surface area contributed by atoms with Gasteiger partial charge in [0.2, 0.25) is 0 Å². The number of amides is 2. The number of hydroxylamine groups is 2. The second-order valence-electron chi connectivity index (χ2n) is 6.45. The summed E-state index contributed by atoms with van der Waals surface area (Å²) >= 11 is 0. The number of rotatable bonds is 5. The third-order valence-electron chi connectivity index (χ3n) is 3.51. The predicted octanol–water partition coefficient (Wildman–Crippen LogP) is 2.02. The average Bonchev–Trinajstić information content (AvgIpc) is 2.56. The van der Waals surface area contributed by atoms with Crippen LogP contribution in [0.25, 0.3) is 0 Å². The lowest BCUT2D eigenvalue weighted by molar-refractivity contribution is -0.198. The van der Waals surface area contributed by atoms with Gasteiger partial charge < -0.3 is 15.2 Å². The fraction of sp³-hybridized carbons (Fsp3) is 0.444. The molecular formula is C18H24N2O5. The second-order valence-corrected chi connectivity index (χ2v) is 6.45. The molecule has 1 aliphatic rings. The van der Waals surface area contributed by atoms with Crippen LogP contribution in [-0.2, 0) is 16.2 Å². The fourth-order valence-electron chi connectivity index (χ4n) is 2.55. The maximum Gasteiger partial charge on any atom is 0.434 e. The number of nitrogens with zero attached hydrogens (tertiary/aromatic N) is 1. The lowest BCUT2D eigenvalue weighted by atomic mass is 10.0. The molecule has 2 N–H and O–H groups in total. The fourth-order valence-corrected chi connectivity index (χ4v) is 2.55. The highest BCUT2D eigenvalue weighted by Gasteiger charge is 2.30. The lowest BCUT2D eigenvalue weighted by Gasteiger charge is -2.34. The van der Waals surface area contributed by atoms with Gasteiger partial charge in [-0.2, -0.15) is 5.06 Å². The third-order valence-corrected chi connectivity index (χ3v) is 3.51. The lowest BCUT2D eigenvalue weighted by Crippen LogP contribution is -2.43. The number of nitrogens with one attached hydrogen (secondary N) is 1. The number of hydrogen-bond acceptors (Lipinski definition) is 5. The first kappa shape index (κ1) is 19.0. The van der Waals surface area contributed by atoms with Crippen molar-refractivity contribution < 1.29 is 24.3 Å². The van der Waals surface area contributed by atoms with E-state index in [1.165, 1.54) is 5.06 Å². The van der Waals surface area contributed by atoms with Crippen LogP contribution in [0.15, 0.2) is 35.9 Å². The molecule has 0 aromatic heterocycles. The molecule has 2 rings (SSSR count). The number of hydrogen-bond donors (Lipinski definition) is 2. The number of carbonyl (C=O) groups excluding carboxylic acids is 2. The molecular weight excluding hydrogens is 324 g/mol. The van der Waals surface area contributed by atoms with Crippen LogP contribution in [0.1, 0.15) is 36.7 Å². The van der Waals surface area contributed by atoms with Gasteiger partial charge in [0.25, 0.3) is 5.91 Å². The standard InChI is InChI=1S/C18H24N2O5/c1-13-10-18(2,3)25-20(11-13)17(23)24-12-14-4-6-15(7-5-14)16(22)19-8-9-21/h4-7,10,21H,8-9,11-12H2,1-3H3,(H,19,22). The van der Waals surface area contributed by atoms with Gasteiger partial charge in [-0.3, -0.25) is 9.63 Å². The quantitative estimate of drug-likeness (QED) is 0.795. The van der Waals surface area contributed by atoms with Crippen molar-refractivity contribution in [1.82, 2.24) is 10.4 Å². The van der Waals surface area contributed by atoms with Crippen LogP contribution >= 0.6 is 0 Å². The summed E-state index contributed by atoms with van der Waals surface area (Å²) in [5.74, 6) is -0.260. The maximum atomic E-state index is 12.2. The molecule has 0 spiro atoms. The van der Waals surface area contributed by atoms with Gasteiger partial charge in [-0.15, -0.1) is 0 Å². The van der Waals surface area contributed by atoms with E-state index in [0.717, 1.165) is 11.1 Å². The zero-order chi connectivity index (χ0) is 18.4. The summed E-state index contributed by atoms with van der Waals surface area (Å²) in [4.78, 5) is 29.5. The minimum absolute atomic E-state index is 0.0838. The first-order valence-corrected chi connectivity index (χ1v) is 8.10. The highest BCUT2D eigenvalue weighted by Crippen LogP contribution is 2.23. The summed E-state index contributed by atoms with van der Waals surface area (Å²) in [5, 5.41) is 12.5. The Morgan fingerprint density at radius 2 is 2.00 bits per heavy atom. The van der Waals surface area contributed by atoms with E-state index < -0.39 is 11.7 Å². The van der Waals surface area contributed by atoms with Crippen LogP contribution in [0, 0.1) is 0 Å². The van der Waals surface area contributed by atoms with E-state index in [4.69, 9.17) is 14.7 Å². The molecule has 0 bridgehead atoms. The van der Waals surface area contributed by atoms with E-state index in [1.807, 2.05) is 26.8 Å². The molecule has 136 valence electrons. The molecule has 0 saturated carbocycles. The van der Waals surface area contributed by atoms with Crippen molar-refractivity contribution in [3.63, 3.8) is 0 Å². The van der Waals surface area contributed by atoms with Crippen molar-refractivity contribution in [2.45, 2.75) is 33.0 Å². The largest absolute Gasteiger partial charge is 0.443 e. The van der Waals surface area contributed by atoms with Gasteiger partial charge in [-0.05, 0) is 44.5 Å². The Morgan fingerprint density at radius 1 is 1.32 bits per heavy atom. The molecule has 1 aromatic rings. The van der Waals surface area contributed by atoms with E-state index in [0.29, 0.717) is 12.1 Å². The Bertz CT molecular complexity index is 652. The van der Waals surface area contributed by atoms with Crippen molar-refractivity contribution in [2.24, 2.45) is 0 Å². The van der Waals surface area contributed by atoms with E-state index >= 15 is 0 Å². The van der Waals surface area contributed by atoms with E-state index in [-0.39, 0.29) is 25.7 Å². The van der Waals surface area contributed by atoms with E-state index in [9.17, 15) is 9.59 Å². The average molecular weight is 348 g/mol. The summed E-state index contributed by atoms with van der Waals surface area (Å²) in [6.07, 6.45) is 1.42. The zero-order valence-corrected chi connectivity index (χ0v) is 14.7. The van der Waals surface area contributed by atoms with Crippen molar-refractivity contribution >= 4 is 12.0 Å². The number of aliphatic hydroxyl groups excluding tert-OH is 1. The Morgan fingerprint density at radius 3 is 2.60 bits per heavy atom. The van der Waals surface area contributed by atoms with Crippen LogP contribution in [0.5, 0.6) is 0 Å². The smallest absolute Gasteiger partial charge is 0.434 e. The second kappa shape index (κ2) is 8.13. The van der Waals surface area contributed by atoms with Crippen LogP contribution in [0.2, 0.25) is 0 Å². The Kier molecular flexibility index (Phi) is 6.17. The molecule has 0 saturated heterocycles. The molecule has 25 heavy (non-hydrogen) atoms. The molecule has 0 fully saturated rings. The molecule has 1 aliphatic heterocycles. The first-order chi connectivity index (χ1) is 11.8. The topological polar surface area (TPSA) is 88.1 Å². The minimum atomic E-state index is -0.551. The summed E-state index contributed by atoms with van der Waals surface area (Å²) in [5.41, 5.74) is 1.72. The molecule has 1 aromatic carbocycles. The first-order valence-electron chi connectivity index (χ1n) is 8.10. The molecule has 7 heteroatoms. The molecule has 0 radical (unpaired) electrons. The Labute approximate surface area is 147 Å². The van der Waals surface area contributed by atoms with Gasteiger partial charge in [-0.1, -0.05) is 17.7 Å². The van der Waals surface area contributed by atoms with E-state index in [2.05, 4.69) is 5.32 Å². The molecule has 2 amide bonds. The van der Waals surface area contributed by atoms with Crippen LogP contribution in [0.4, 0.5) is 4.79 Å². The number of ether oxygens (including phenoxy) is 1. The van der Waals surface area contributed by atoms with Crippen molar-refractivity contribution in [1.29, 1.82) is 0 Å². The Hall–Kier alpha value is -2.38. The van der Waals surface area contributed by atoms with Gasteiger partial charge in [-0.25, -0.2) is 4.79 Å². The van der Waals surface area contributed by atoms with Crippen LogP contribution in [-0.4, -0.2) is 47.5 Å². The summed E-state index contributed by atoms with van der Waals surface area (Å²) < 4.78 is 5.28. The predicted molar refractivity (Wildman–Crippen MR) is 91.7 cm³/mol. The molecule has 7 nitrogen and oxygen atoms in total. The molecule has 0 atom stereocenters. The van der Waals surface area contributed by atoms with Crippen molar-refractivity contribution in [3.8, 4) is 0 Å². The maximum absolute atomic E-state index is 12.2. The van der Waals surface area contributed by atoms with Crippen LogP contribution < -0.4 is 5.32 Å². The molecule has 0 aliphatic carbocycles. The SMILES string of the molecule is CC1=CC(C)(C)ON(C(=O)OCc2ccc(C(=O)NCCO)cc2)C1. The Balaban J connectivity index is 1.88. The monoisotopic (exact) mass is 348 g/mol. The highest BCUT2D eigenvalue weighted by molar-refractivity contribution is 5.94. The highest BCUT2D eigenvalue weighted by atomic mass is 16.7. The van der Waals surface area contributed by atoms with Crippen molar-refractivity contribution in [3.05, 3.63) is 47.0 Å². The summed E-state index contributed by atoms with van der Waals surface area (Å²) in [6, 6.07) is 6.72. The van der Waals surface area contributed by atoms with Crippen molar-refractivity contribution in [2.75, 3.05) is 19.7 Å². The third kappa shape index (κ3) is 5.58. The summed E-state index contributed by atoms with van der Waals surface area (Å²) in [7, 11) is 0. The van der Waals surface area contributed by atoms with Gasteiger partial charge in [0.1, 0.15) is 12.2 Å². The van der Waals surface area contributed by atoms with Gasteiger partial charge in [0.15, 0.2) is 0 Å². The van der Waals surface area contributed by atoms with Gasteiger partial charge in [0, 0.05) is 12.1 Å². The normalized spacial score (nSPS) is 16.2. The number of benzene rings is 1. The summed E-state index contributed by atoms with van der Waals surface area (Å²) in [6.45, 7) is 6.23. The minimum Gasteiger partial charge on any atom is -0.443 e.